The van der Waals surface area contributed by atoms with Crippen LogP contribution in [0.5, 0.6) is 0 Å². The molecule has 1 aromatic carbocycles. The Morgan fingerprint density at radius 1 is 1.50 bits per heavy atom. The summed E-state index contributed by atoms with van der Waals surface area (Å²) in [5.41, 5.74) is 0.517. The van der Waals surface area contributed by atoms with Gasteiger partial charge in [0.1, 0.15) is 0 Å². The largest absolute Gasteiger partial charge is 0.337 e. The predicted molar refractivity (Wildman–Crippen MR) is 71.0 cm³/mol. The van der Waals surface area contributed by atoms with Crippen molar-refractivity contribution in [1.29, 1.82) is 0 Å². The van der Waals surface area contributed by atoms with E-state index in [9.17, 15) is 13.2 Å². The van der Waals surface area contributed by atoms with E-state index in [0.29, 0.717) is 10.7 Å². The summed E-state index contributed by atoms with van der Waals surface area (Å²) in [5, 5.41) is 9.49. The van der Waals surface area contributed by atoms with E-state index in [0.717, 1.165) is 0 Å². The van der Waals surface area contributed by atoms with Crippen molar-refractivity contribution in [2.45, 2.75) is 12.2 Å². The molecule has 0 aliphatic heterocycles. The number of carbonyl (C=O) groups is 1. The van der Waals surface area contributed by atoms with Crippen molar-refractivity contribution < 1.29 is 13.2 Å². The number of nitrogens with one attached hydrogen (secondary N) is 2. The summed E-state index contributed by atoms with van der Waals surface area (Å²) < 4.78 is 21.9. The Morgan fingerprint density at radius 3 is 2.72 bits per heavy atom. The minimum Gasteiger partial charge on any atom is -0.337 e. The molecule has 0 aliphatic carbocycles. The molecule has 4 N–H and O–H groups in total. The van der Waals surface area contributed by atoms with E-state index in [4.69, 9.17) is 16.7 Å². The highest BCUT2D eigenvalue weighted by Crippen LogP contribution is 2.14. The Balaban J connectivity index is 2.48. The van der Waals surface area contributed by atoms with Crippen molar-refractivity contribution in [2.75, 3.05) is 11.9 Å². The van der Waals surface area contributed by atoms with E-state index in [1.54, 1.807) is 24.3 Å². The second-order valence-corrected chi connectivity index (χ2v) is 6.16. The van der Waals surface area contributed by atoms with Crippen LogP contribution in [0.1, 0.15) is 6.92 Å². The van der Waals surface area contributed by atoms with Crippen LogP contribution in [0.2, 0.25) is 5.02 Å². The van der Waals surface area contributed by atoms with E-state index < -0.39 is 21.3 Å². The van der Waals surface area contributed by atoms with Gasteiger partial charge in [0, 0.05) is 17.3 Å². The Morgan fingerprint density at radius 2 is 2.17 bits per heavy atom. The first kappa shape index (κ1) is 14.7. The molecule has 0 fully saturated rings. The van der Waals surface area contributed by atoms with Crippen molar-refractivity contribution in [1.82, 2.24) is 5.32 Å². The number of hydrogen-bond acceptors (Lipinski definition) is 3. The standard InChI is InChI=1S/C10H14ClN3O3S/c1-7(18(12,16)17)6-13-10(15)14-9-4-2-3-8(11)5-9/h2-5,7H,6H2,1H3,(H2,12,16,17)(H2,13,14,15). The van der Waals surface area contributed by atoms with Crippen molar-refractivity contribution >= 4 is 33.3 Å². The van der Waals surface area contributed by atoms with E-state index in [1.165, 1.54) is 6.92 Å². The number of primary sulfonamides is 1. The summed E-state index contributed by atoms with van der Waals surface area (Å²) in [4.78, 5) is 11.5. The summed E-state index contributed by atoms with van der Waals surface area (Å²) >= 11 is 5.75. The second kappa shape index (κ2) is 6.03. The van der Waals surface area contributed by atoms with E-state index in [1.807, 2.05) is 0 Å². The van der Waals surface area contributed by atoms with Crippen LogP contribution in [0.3, 0.4) is 0 Å². The lowest BCUT2D eigenvalue weighted by molar-refractivity contribution is 0.252. The van der Waals surface area contributed by atoms with Gasteiger partial charge in [-0.15, -0.1) is 0 Å². The van der Waals surface area contributed by atoms with Gasteiger partial charge < -0.3 is 10.6 Å². The van der Waals surface area contributed by atoms with Gasteiger partial charge in [0.25, 0.3) is 0 Å². The van der Waals surface area contributed by atoms with Crippen LogP contribution in [0.15, 0.2) is 24.3 Å². The predicted octanol–water partition coefficient (Wildman–Crippen LogP) is 1.14. The van der Waals surface area contributed by atoms with Crippen LogP contribution in [-0.2, 0) is 10.0 Å². The van der Waals surface area contributed by atoms with E-state index in [2.05, 4.69) is 10.6 Å². The highest BCUT2D eigenvalue weighted by atomic mass is 35.5. The summed E-state index contributed by atoms with van der Waals surface area (Å²) in [6.45, 7) is 1.35. The molecule has 18 heavy (non-hydrogen) atoms. The van der Waals surface area contributed by atoms with Gasteiger partial charge in [-0.05, 0) is 25.1 Å². The number of amides is 2. The molecule has 1 rings (SSSR count). The molecule has 0 radical (unpaired) electrons. The van der Waals surface area contributed by atoms with Crippen molar-refractivity contribution in [3.63, 3.8) is 0 Å². The Bertz CT molecular complexity index is 533. The maximum atomic E-state index is 11.5. The van der Waals surface area contributed by atoms with Gasteiger partial charge in [0.05, 0.1) is 5.25 Å². The van der Waals surface area contributed by atoms with Crippen LogP contribution in [0.4, 0.5) is 10.5 Å². The van der Waals surface area contributed by atoms with Gasteiger partial charge in [-0.3, -0.25) is 0 Å². The fourth-order valence-corrected chi connectivity index (χ4v) is 1.60. The van der Waals surface area contributed by atoms with Gasteiger partial charge in [-0.2, -0.15) is 0 Å². The zero-order valence-corrected chi connectivity index (χ0v) is 11.3. The molecule has 1 aromatic rings. The molecular formula is C10H14ClN3O3S. The molecule has 6 nitrogen and oxygen atoms in total. The third-order valence-electron chi connectivity index (χ3n) is 2.19. The second-order valence-electron chi connectivity index (χ2n) is 3.75. The number of benzene rings is 1. The maximum absolute atomic E-state index is 11.5. The summed E-state index contributed by atoms with van der Waals surface area (Å²) in [7, 11) is -3.64. The molecular weight excluding hydrogens is 278 g/mol. The van der Waals surface area contributed by atoms with Crippen LogP contribution in [0, 0.1) is 0 Å². The topological polar surface area (TPSA) is 101 Å². The first-order chi connectivity index (χ1) is 8.29. The highest BCUT2D eigenvalue weighted by molar-refractivity contribution is 7.89. The zero-order valence-electron chi connectivity index (χ0n) is 9.68. The van der Waals surface area contributed by atoms with Crippen LogP contribution < -0.4 is 15.8 Å². The Labute approximate surface area is 111 Å². The number of carbonyl (C=O) groups excluding carboxylic acids is 1. The number of rotatable bonds is 4. The first-order valence-electron chi connectivity index (χ1n) is 5.11. The number of anilines is 1. The molecule has 0 saturated carbocycles. The van der Waals surface area contributed by atoms with Crippen LogP contribution in [0.25, 0.3) is 0 Å². The lowest BCUT2D eigenvalue weighted by atomic mass is 10.3. The van der Waals surface area contributed by atoms with Gasteiger partial charge in [-0.25, -0.2) is 18.4 Å². The molecule has 0 bridgehead atoms. The average Bonchev–Trinajstić information content (AvgIpc) is 2.24. The van der Waals surface area contributed by atoms with Crippen LogP contribution in [-0.4, -0.2) is 26.2 Å². The summed E-state index contributed by atoms with van der Waals surface area (Å²) in [6, 6.07) is 6.07. The smallest absolute Gasteiger partial charge is 0.319 e. The number of nitrogens with two attached hydrogens (primary N) is 1. The highest BCUT2D eigenvalue weighted by Gasteiger charge is 2.16. The molecule has 0 spiro atoms. The van der Waals surface area contributed by atoms with Crippen molar-refractivity contribution in [3.05, 3.63) is 29.3 Å². The summed E-state index contributed by atoms with van der Waals surface area (Å²) in [5.74, 6) is 0. The molecule has 0 saturated heterocycles. The number of urea groups is 1. The van der Waals surface area contributed by atoms with Crippen molar-refractivity contribution in [2.24, 2.45) is 5.14 Å². The Kier molecular flexibility index (Phi) is 4.94. The first-order valence-corrected chi connectivity index (χ1v) is 7.10. The van der Waals surface area contributed by atoms with Gasteiger partial charge >= 0.3 is 6.03 Å². The molecule has 1 unspecified atom stereocenters. The van der Waals surface area contributed by atoms with E-state index in [-0.39, 0.29) is 6.54 Å². The fourth-order valence-electron chi connectivity index (χ4n) is 1.09. The lowest BCUT2D eigenvalue weighted by Crippen LogP contribution is -2.39. The van der Waals surface area contributed by atoms with Gasteiger partial charge in [0.2, 0.25) is 10.0 Å². The third kappa shape index (κ3) is 4.91. The monoisotopic (exact) mass is 291 g/mol. The SMILES string of the molecule is CC(CNC(=O)Nc1cccc(Cl)c1)S(N)(=O)=O. The Hall–Kier alpha value is -1.31. The number of hydrogen-bond donors (Lipinski definition) is 3. The average molecular weight is 292 g/mol. The quantitative estimate of drug-likeness (QED) is 0.775. The number of halogens is 1. The summed E-state index contributed by atoms with van der Waals surface area (Å²) in [6.07, 6.45) is 0. The minimum absolute atomic E-state index is 0.0643. The van der Waals surface area contributed by atoms with Gasteiger partial charge in [0.15, 0.2) is 0 Å². The molecule has 2 amide bonds. The minimum atomic E-state index is -3.64. The maximum Gasteiger partial charge on any atom is 0.319 e. The molecule has 0 aliphatic rings. The molecule has 0 heterocycles. The fraction of sp³-hybridized carbons (Fsp3) is 0.300. The lowest BCUT2D eigenvalue weighted by Gasteiger charge is -2.11. The molecule has 1 atom stereocenters. The molecule has 8 heteroatoms. The molecule has 0 aromatic heterocycles. The normalized spacial score (nSPS) is 12.8. The molecule has 100 valence electrons. The van der Waals surface area contributed by atoms with E-state index >= 15 is 0 Å². The third-order valence-corrected chi connectivity index (χ3v) is 3.72. The zero-order chi connectivity index (χ0) is 13.8. The van der Waals surface area contributed by atoms with Gasteiger partial charge in [-0.1, -0.05) is 17.7 Å². The van der Waals surface area contributed by atoms with Crippen LogP contribution >= 0.6 is 11.6 Å². The number of sulfonamides is 1. The van der Waals surface area contributed by atoms with Crippen molar-refractivity contribution in [3.8, 4) is 0 Å².